The number of ether oxygens (including phenoxy) is 1. The van der Waals surface area contributed by atoms with Crippen molar-refractivity contribution in [2.75, 3.05) is 19.8 Å². The van der Waals surface area contributed by atoms with Gasteiger partial charge in [-0.3, -0.25) is 9.58 Å². The number of carboxylic acids is 2. The number of rotatable bonds is 5. The molecular weight excluding hydrogens is 496 g/mol. The van der Waals surface area contributed by atoms with E-state index in [1.165, 1.54) is 16.8 Å². The number of aliphatic carboxylic acids is 2. The van der Waals surface area contributed by atoms with E-state index in [1.807, 2.05) is 17.9 Å². The van der Waals surface area contributed by atoms with E-state index in [1.54, 1.807) is 11.3 Å². The average molecular weight is 519 g/mol. The molecule has 0 saturated carbocycles. The molecule has 1 atom stereocenters. The lowest BCUT2D eigenvalue weighted by atomic mass is 9.96. The monoisotopic (exact) mass is 519 g/mol. The molecule has 1 aliphatic rings. The maximum absolute atomic E-state index is 10.6. The SMILES string of the molecule is CCOCC1CN(Cc2ccsc2)Cc2cnn(C)c21.O=C(O)C(F)(F)F.O=C(O)C(F)(F)F. The fraction of sp³-hybridized carbons (Fsp3) is 0.526. The van der Waals surface area contributed by atoms with Crippen LogP contribution in [0.5, 0.6) is 0 Å². The van der Waals surface area contributed by atoms with Crippen LogP contribution in [0.4, 0.5) is 26.3 Å². The van der Waals surface area contributed by atoms with Crippen LogP contribution in [0.3, 0.4) is 0 Å². The third kappa shape index (κ3) is 9.69. The fourth-order valence-electron chi connectivity index (χ4n) is 3.00. The number of hydrogen-bond acceptors (Lipinski definition) is 6. The Morgan fingerprint density at radius 1 is 1.18 bits per heavy atom. The Bertz CT molecular complexity index is 891. The number of halogens is 6. The second kappa shape index (κ2) is 12.7. The molecule has 34 heavy (non-hydrogen) atoms. The third-order valence-corrected chi connectivity index (χ3v) is 5.05. The topological polar surface area (TPSA) is 105 Å². The van der Waals surface area contributed by atoms with Crippen LogP contribution in [-0.2, 0) is 34.5 Å². The van der Waals surface area contributed by atoms with Gasteiger partial charge in [-0.1, -0.05) is 0 Å². The molecule has 0 radical (unpaired) electrons. The fourth-order valence-corrected chi connectivity index (χ4v) is 3.66. The van der Waals surface area contributed by atoms with Crippen molar-refractivity contribution in [3.63, 3.8) is 0 Å². The van der Waals surface area contributed by atoms with E-state index in [0.29, 0.717) is 5.92 Å². The summed E-state index contributed by atoms with van der Waals surface area (Å²) in [5.41, 5.74) is 4.09. The number of thiophene rings is 1. The van der Waals surface area contributed by atoms with Gasteiger partial charge in [0.05, 0.1) is 12.8 Å². The van der Waals surface area contributed by atoms with Gasteiger partial charge in [-0.05, 0) is 29.3 Å². The van der Waals surface area contributed by atoms with Crippen LogP contribution in [-0.4, -0.2) is 68.9 Å². The zero-order chi connectivity index (χ0) is 26.1. The summed E-state index contributed by atoms with van der Waals surface area (Å²) in [5.74, 6) is -5.09. The van der Waals surface area contributed by atoms with Gasteiger partial charge < -0.3 is 14.9 Å². The summed E-state index contributed by atoms with van der Waals surface area (Å²) in [6.07, 6.45) is -8.16. The van der Waals surface area contributed by atoms with Crippen LogP contribution < -0.4 is 0 Å². The van der Waals surface area contributed by atoms with Crippen LogP contribution in [0.2, 0.25) is 0 Å². The molecule has 2 aromatic heterocycles. The highest BCUT2D eigenvalue weighted by Crippen LogP contribution is 2.29. The maximum Gasteiger partial charge on any atom is 0.490 e. The van der Waals surface area contributed by atoms with Crippen molar-refractivity contribution in [3.05, 3.63) is 39.8 Å². The van der Waals surface area contributed by atoms with Gasteiger partial charge in [0.1, 0.15) is 0 Å². The van der Waals surface area contributed by atoms with Crippen molar-refractivity contribution in [2.45, 2.75) is 38.3 Å². The lowest BCUT2D eigenvalue weighted by Crippen LogP contribution is -2.35. The first kappa shape index (κ1) is 29.4. The van der Waals surface area contributed by atoms with E-state index >= 15 is 0 Å². The Morgan fingerprint density at radius 2 is 1.74 bits per heavy atom. The van der Waals surface area contributed by atoms with Crippen molar-refractivity contribution in [1.82, 2.24) is 14.7 Å². The second-order valence-electron chi connectivity index (χ2n) is 6.94. The number of carboxylic acid groups (broad SMARTS) is 2. The lowest BCUT2D eigenvalue weighted by molar-refractivity contribution is -0.193. The molecule has 0 bridgehead atoms. The lowest BCUT2D eigenvalue weighted by Gasteiger charge is -2.32. The van der Waals surface area contributed by atoms with E-state index in [4.69, 9.17) is 24.5 Å². The van der Waals surface area contributed by atoms with Gasteiger partial charge in [0, 0.05) is 50.5 Å². The molecule has 3 heterocycles. The maximum atomic E-state index is 10.6. The minimum Gasteiger partial charge on any atom is -0.475 e. The number of aryl methyl sites for hydroxylation is 1. The summed E-state index contributed by atoms with van der Waals surface area (Å²) in [6, 6.07) is 2.21. The molecule has 2 aromatic rings. The van der Waals surface area contributed by atoms with Crippen LogP contribution in [0, 0.1) is 0 Å². The van der Waals surface area contributed by atoms with Gasteiger partial charge in [-0.15, -0.1) is 0 Å². The molecule has 0 fully saturated rings. The zero-order valence-corrected chi connectivity index (χ0v) is 18.9. The highest BCUT2D eigenvalue weighted by Gasteiger charge is 2.38. The Balaban J connectivity index is 0.000000343. The molecular formula is C19H23F6N3O5S. The Hall–Kier alpha value is -2.65. The second-order valence-corrected chi connectivity index (χ2v) is 7.72. The van der Waals surface area contributed by atoms with E-state index < -0.39 is 24.3 Å². The number of alkyl halides is 6. The summed E-state index contributed by atoms with van der Waals surface area (Å²) >= 11 is 1.76. The standard InChI is InChI=1S/C15H21N3OS.2C2HF3O2/c1-3-19-10-14-9-18(7-12-4-5-20-11-12)8-13-6-16-17(2)15(13)14;2*3-2(4,5)1(6)7/h4-6,11,14H,3,7-10H2,1-2H3;2*(H,6,7). The number of nitrogens with zero attached hydrogens (tertiary/aromatic N) is 3. The number of carbonyl (C=O) groups is 2. The number of hydrogen-bond donors (Lipinski definition) is 2. The first-order chi connectivity index (χ1) is 15.7. The molecule has 8 nitrogen and oxygen atoms in total. The van der Waals surface area contributed by atoms with Gasteiger partial charge in [-0.2, -0.15) is 42.8 Å². The summed E-state index contributed by atoms with van der Waals surface area (Å²) in [7, 11) is 2.03. The number of aromatic nitrogens is 2. The van der Waals surface area contributed by atoms with E-state index in [-0.39, 0.29) is 0 Å². The molecule has 192 valence electrons. The molecule has 0 aliphatic carbocycles. The predicted molar refractivity (Wildman–Crippen MR) is 108 cm³/mol. The first-order valence-corrected chi connectivity index (χ1v) is 10.5. The molecule has 0 aromatic carbocycles. The van der Waals surface area contributed by atoms with Crippen LogP contribution in [0.25, 0.3) is 0 Å². The van der Waals surface area contributed by atoms with Crippen molar-refractivity contribution < 1.29 is 50.9 Å². The third-order valence-electron chi connectivity index (χ3n) is 4.32. The molecule has 0 spiro atoms. The molecule has 15 heteroatoms. The van der Waals surface area contributed by atoms with E-state index in [9.17, 15) is 26.3 Å². The predicted octanol–water partition coefficient (Wildman–Crippen LogP) is 3.88. The Kier molecular flexibility index (Phi) is 11.0. The van der Waals surface area contributed by atoms with E-state index in [0.717, 1.165) is 32.8 Å². The Labute approximate surface area is 194 Å². The first-order valence-electron chi connectivity index (χ1n) is 9.58. The molecule has 0 saturated heterocycles. The zero-order valence-electron chi connectivity index (χ0n) is 18.1. The van der Waals surface area contributed by atoms with Crippen molar-refractivity contribution in [2.24, 2.45) is 7.05 Å². The smallest absolute Gasteiger partial charge is 0.475 e. The normalized spacial score (nSPS) is 15.9. The summed E-state index contributed by atoms with van der Waals surface area (Å²) < 4.78 is 71.2. The minimum absolute atomic E-state index is 0.421. The van der Waals surface area contributed by atoms with Gasteiger partial charge in [-0.25, -0.2) is 9.59 Å². The van der Waals surface area contributed by atoms with Gasteiger partial charge in [0.2, 0.25) is 0 Å². The van der Waals surface area contributed by atoms with Crippen molar-refractivity contribution in [1.29, 1.82) is 0 Å². The van der Waals surface area contributed by atoms with Crippen molar-refractivity contribution >= 4 is 23.3 Å². The van der Waals surface area contributed by atoms with Crippen LogP contribution in [0.1, 0.15) is 29.7 Å². The molecule has 1 aliphatic heterocycles. The van der Waals surface area contributed by atoms with Gasteiger partial charge >= 0.3 is 24.3 Å². The minimum atomic E-state index is -5.08. The molecule has 3 rings (SSSR count). The summed E-state index contributed by atoms with van der Waals surface area (Å²) in [6.45, 7) is 6.65. The average Bonchev–Trinajstić information content (AvgIpc) is 3.35. The highest BCUT2D eigenvalue weighted by molar-refractivity contribution is 7.07. The van der Waals surface area contributed by atoms with Crippen LogP contribution >= 0.6 is 11.3 Å². The summed E-state index contributed by atoms with van der Waals surface area (Å²) in [4.78, 5) is 20.3. The highest BCUT2D eigenvalue weighted by atomic mass is 32.1. The Morgan fingerprint density at radius 3 is 2.18 bits per heavy atom. The van der Waals surface area contributed by atoms with Crippen LogP contribution in [0.15, 0.2) is 23.0 Å². The molecule has 0 amide bonds. The summed E-state index contributed by atoms with van der Waals surface area (Å²) in [5, 5.41) is 23.1. The van der Waals surface area contributed by atoms with Gasteiger partial charge in [0.15, 0.2) is 0 Å². The van der Waals surface area contributed by atoms with E-state index in [2.05, 4.69) is 33.7 Å². The quantitative estimate of drug-likeness (QED) is 0.578. The van der Waals surface area contributed by atoms with Crippen molar-refractivity contribution in [3.8, 4) is 0 Å². The number of fused-ring (bicyclic) bond motifs is 1. The van der Waals surface area contributed by atoms with Gasteiger partial charge in [0.25, 0.3) is 0 Å². The largest absolute Gasteiger partial charge is 0.490 e. The molecule has 1 unspecified atom stereocenters. The molecule has 2 N–H and O–H groups in total.